The Kier molecular flexibility index (Phi) is 39.5. The van der Waals surface area contributed by atoms with Crippen molar-refractivity contribution in [2.45, 2.75) is 292 Å². The van der Waals surface area contributed by atoms with Gasteiger partial charge in [0.1, 0.15) is 0 Å². The predicted molar refractivity (Wildman–Crippen MR) is 358 cm³/mol. The number of aromatic nitrogens is 3. The van der Waals surface area contributed by atoms with Crippen LogP contribution < -0.4 is 0 Å². The van der Waals surface area contributed by atoms with E-state index in [1.807, 2.05) is 0 Å². The van der Waals surface area contributed by atoms with Crippen molar-refractivity contribution >= 4 is 0 Å². The van der Waals surface area contributed by atoms with Crippen molar-refractivity contribution in [3.8, 4) is 33.8 Å². The highest BCUT2D eigenvalue weighted by molar-refractivity contribution is 5.61. The van der Waals surface area contributed by atoms with Gasteiger partial charge in [-0.15, -0.1) is 0 Å². The number of benzene rings is 3. The molecule has 444 valence electrons. The molecule has 0 amide bonds. The van der Waals surface area contributed by atoms with Gasteiger partial charge in [-0.3, -0.25) is 15.0 Å². The fraction of sp³-hybridized carbons (Fsp3) is 0.577. The summed E-state index contributed by atoms with van der Waals surface area (Å²) < 4.78 is 0. The van der Waals surface area contributed by atoms with E-state index in [2.05, 4.69) is 169 Å². The Morgan fingerprint density at radius 3 is 0.556 bits per heavy atom. The van der Waals surface area contributed by atoms with Crippen LogP contribution in [-0.2, 0) is 38.5 Å². The fourth-order valence-electron chi connectivity index (χ4n) is 10.9. The highest BCUT2D eigenvalue weighted by Gasteiger charge is 2.06. The molecule has 6 aromatic rings. The zero-order chi connectivity index (χ0) is 57.5. The van der Waals surface area contributed by atoms with Crippen molar-refractivity contribution in [2.24, 2.45) is 0 Å². The number of hydrogen-bond acceptors (Lipinski definition) is 3. The van der Waals surface area contributed by atoms with Gasteiger partial charge >= 0.3 is 0 Å². The average Bonchev–Trinajstić information content (AvgIpc) is 3.51. The van der Waals surface area contributed by atoms with Crippen molar-refractivity contribution in [3.05, 3.63) is 161 Å². The summed E-state index contributed by atoms with van der Waals surface area (Å²) in [6.45, 7) is 13.6. The molecule has 0 unspecified atom stereocenters. The minimum absolute atomic E-state index is 1.09. The third-order valence-corrected chi connectivity index (χ3v) is 16.4. The lowest BCUT2D eigenvalue weighted by atomic mass is 10.0. The smallest absolute Gasteiger partial charge is 0.0702 e. The third kappa shape index (κ3) is 31.9. The summed E-state index contributed by atoms with van der Waals surface area (Å²) in [6.07, 6.45) is 57.9. The van der Waals surface area contributed by atoms with Crippen LogP contribution in [0.4, 0.5) is 0 Å². The summed E-state index contributed by atoms with van der Waals surface area (Å²) in [5.74, 6) is 0. The zero-order valence-electron chi connectivity index (χ0n) is 53.0. The first-order chi connectivity index (χ1) is 40.0. The van der Waals surface area contributed by atoms with Gasteiger partial charge in [0.05, 0.1) is 17.1 Å². The molecule has 0 aliphatic rings. The molecule has 0 fully saturated rings. The van der Waals surface area contributed by atoms with Crippen LogP contribution in [0.3, 0.4) is 0 Å². The molecule has 3 aromatic heterocycles. The maximum atomic E-state index is 4.71. The van der Waals surface area contributed by atoms with Crippen molar-refractivity contribution in [3.63, 3.8) is 0 Å². The first-order valence-corrected chi connectivity index (χ1v) is 34.1. The first-order valence-electron chi connectivity index (χ1n) is 34.1. The summed E-state index contributed by atoms with van der Waals surface area (Å²) in [6, 6.07) is 40.4. The normalized spacial score (nSPS) is 11.0. The molecule has 3 heterocycles. The standard InChI is InChI=1S/C27H41N.C26H39N.C25H37N/c1-3-5-7-9-11-13-15-24-17-20-26(21-18-24)27-22-19-25(23-28-27)16-14-12-10-8-6-4-2;1-3-5-7-9-11-13-15-24-18-21-26(27-22-24)25-19-16-23(17-20-25)14-12-10-8-6-4-2;1-3-5-7-9-10-12-14-23-17-20-25(26-21-23)24-18-15-22(16-19-24)13-11-8-6-4-2/h17-23H,3-16H2,1-2H3;16-22H,3-15H2,1-2H3;15-21H,3-14H2,1-2H3. The zero-order valence-corrected chi connectivity index (χ0v) is 53.0. The fourth-order valence-corrected chi connectivity index (χ4v) is 10.9. The molecule has 0 radical (unpaired) electrons. The van der Waals surface area contributed by atoms with Crippen LogP contribution in [0.2, 0.25) is 0 Å². The molecule has 3 nitrogen and oxygen atoms in total. The van der Waals surface area contributed by atoms with Crippen LogP contribution in [0.15, 0.2) is 128 Å². The van der Waals surface area contributed by atoms with E-state index >= 15 is 0 Å². The number of rotatable bonds is 42. The lowest BCUT2D eigenvalue weighted by Crippen LogP contribution is -1.91. The van der Waals surface area contributed by atoms with E-state index in [0.717, 1.165) is 36.3 Å². The van der Waals surface area contributed by atoms with Gasteiger partial charge in [0.2, 0.25) is 0 Å². The van der Waals surface area contributed by atoms with Crippen molar-refractivity contribution in [1.82, 2.24) is 15.0 Å². The van der Waals surface area contributed by atoms with Gasteiger partial charge in [0.25, 0.3) is 0 Å². The molecule has 0 saturated heterocycles. The van der Waals surface area contributed by atoms with E-state index in [9.17, 15) is 0 Å². The molecule has 0 atom stereocenters. The second-order valence-corrected chi connectivity index (χ2v) is 23.8. The molecule has 0 N–H and O–H groups in total. The van der Waals surface area contributed by atoms with Crippen molar-refractivity contribution in [2.75, 3.05) is 0 Å². The summed E-state index contributed by atoms with van der Waals surface area (Å²) in [4.78, 5) is 14.1. The number of aryl methyl sites for hydroxylation is 6. The van der Waals surface area contributed by atoms with Gasteiger partial charge in [0.15, 0.2) is 0 Å². The van der Waals surface area contributed by atoms with Crippen LogP contribution in [-0.4, -0.2) is 15.0 Å². The minimum atomic E-state index is 1.09. The van der Waals surface area contributed by atoms with E-state index < -0.39 is 0 Å². The molecule has 0 bridgehead atoms. The van der Waals surface area contributed by atoms with Gasteiger partial charge < -0.3 is 0 Å². The number of hydrogen-bond donors (Lipinski definition) is 0. The van der Waals surface area contributed by atoms with E-state index in [4.69, 9.17) is 15.0 Å². The average molecular weight is 1100 g/mol. The van der Waals surface area contributed by atoms with E-state index in [1.54, 1.807) is 0 Å². The number of nitrogens with zero attached hydrogens (tertiary/aromatic N) is 3. The lowest BCUT2D eigenvalue weighted by Gasteiger charge is -2.06. The topological polar surface area (TPSA) is 38.7 Å². The first kappa shape index (κ1) is 68.6. The lowest BCUT2D eigenvalue weighted by molar-refractivity contribution is 0.607. The number of pyridine rings is 3. The molecule has 0 aliphatic heterocycles. The SMILES string of the molecule is CCCCCCCCc1ccc(-c2ccc(CCCCCC)cc2)nc1.CCCCCCCCc1ccc(-c2ccc(CCCCCCC)cc2)nc1.CCCCCCCCc1ccc(-c2ccc(CCCCCCCC)cn2)cc1. The van der Waals surface area contributed by atoms with E-state index in [-0.39, 0.29) is 0 Å². The quantitative estimate of drug-likeness (QED) is 0.0359. The summed E-state index contributed by atoms with van der Waals surface area (Å²) in [7, 11) is 0. The van der Waals surface area contributed by atoms with Crippen LogP contribution in [0.1, 0.15) is 287 Å². The molecule has 3 aromatic carbocycles. The largest absolute Gasteiger partial charge is 0.256 e. The van der Waals surface area contributed by atoms with Gasteiger partial charge in [-0.1, -0.05) is 306 Å². The summed E-state index contributed by atoms with van der Waals surface area (Å²) in [5.41, 5.74) is 15.5. The maximum absolute atomic E-state index is 4.71. The third-order valence-electron chi connectivity index (χ3n) is 16.4. The molecule has 3 heteroatoms. The van der Waals surface area contributed by atoms with Crippen molar-refractivity contribution in [1.29, 1.82) is 0 Å². The maximum Gasteiger partial charge on any atom is 0.0702 e. The van der Waals surface area contributed by atoms with Gasteiger partial charge in [-0.05, 0) is 129 Å². The van der Waals surface area contributed by atoms with Gasteiger partial charge in [-0.2, -0.15) is 0 Å². The van der Waals surface area contributed by atoms with Crippen LogP contribution in [0.25, 0.3) is 33.8 Å². The molecule has 0 saturated carbocycles. The van der Waals surface area contributed by atoms with Crippen LogP contribution in [0.5, 0.6) is 0 Å². The molecule has 6 rings (SSSR count). The summed E-state index contributed by atoms with van der Waals surface area (Å²) in [5, 5.41) is 0. The Hall–Kier alpha value is -4.89. The minimum Gasteiger partial charge on any atom is -0.256 e. The predicted octanol–water partition coefficient (Wildman–Crippen LogP) is 24.5. The molecular formula is C78H117N3. The summed E-state index contributed by atoms with van der Waals surface area (Å²) >= 11 is 0. The molecule has 0 spiro atoms. The van der Waals surface area contributed by atoms with E-state index in [1.165, 1.54) is 281 Å². The Bertz CT molecular complexity index is 2270. The van der Waals surface area contributed by atoms with E-state index in [0.29, 0.717) is 0 Å². The highest BCUT2D eigenvalue weighted by atomic mass is 14.7. The second-order valence-electron chi connectivity index (χ2n) is 23.8. The van der Waals surface area contributed by atoms with Crippen LogP contribution >= 0.6 is 0 Å². The molecular weight excluding hydrogens is 979 g/mol. The Balaban J connectivity index is 0.000000262. The van der Waals surface area contributed by atoms with Gasteiger partial charge in [-0.25, -0.2) is 0 Å². The van der Waals surface area contributed by atoms with Gasteiger partial charge in [0, 0.05) is 35.3 Å². The number of unbranched alkanes of at least 4 members (excludes halogenated alkanes) is 27. The highest BCUT2D eigenvalue weighted by Crippen LogP contribution is 2.24. The Labute approximate surface area is 499 Å². The monoisotopic (exact) mass is 1100 g/mol. The molecule has 81 heavy (non-hydrogen) atoms. The molecule has 0 aliphatic carbocycles. The second kappa shape index (κ2) is 46.6. The Morgan fingerprint density at radius 2 is 0.358 bits per heavy atom. The van der Waals surface area contributed by atoms with Crippen molar-refractivity contribution < 1.29 is 0 Å². The van der Waals surface area contributed by atoms with Crippen LogP contribution in [0, 0.1) is 0 Å². The Morgan fingerprint density at radius 1 is 0.185 bits per heavy atom.